The molecule has 0 bridgehead atoms. The Balaban J connectivity index is 0.000000299. The number of nitro groups is 1. The van der Waals surface area contributed by atoms with Gasteiger partial charge in [-0.2, -0.15) is 0 Å². The van der Waals surface area contributed by atoms with E-state index in [1.165, 1.54) is 24.3 Å². The molecular weight excluding hydrogens is 280 g/mol. The summed E-state index contributed by atoms with van der Waals surface area (Å²) in [5.74, 6) is -0.138. The molecule has 1 heterocycles. The lowest BCUT2D eigenvalue weighted by Gasteiger charge is -2.00. The summed E-state index contributed by atoms with van der Waals surface area (Å²) in [5.41, 5.74) is 0.998. The van der Waals surface area contributed by atoms with E-state index in [0.29, 0.717) is 11.1 Å². The van der Waals surface area contributed by atoms with E-state index in [1.54, 1.807) is 24.3 Å². The molecule has 3 rings (SSSR count). The minimum atomic E-state index is -0.489. The molecule has 0 saturated carbocycles. The average Bonchev–Trinajstić information content (AvgIpc) is 3.15. The Morgan fingerprint density at radius 1 is 0.818 bits per heavy atom. The van der Waals surface area contributed by atoms with Gasteiger partial charge >= 0.3 is 0 Å². The van der Waals surface area contributed by atoms with Gasteiger partial charge < -0.3 is 4.98 Å². The van der Waals surface area contributed by atoms with E-state index in [-0.39, 0.29) is 11.5 Å². The first-order chi connectivity index (χ1) is 10.7. The third-order valence-electron chi connectivity index (χ3n) is 2.87. The molecule has 5 nitrogen and oxygen atoms in total. The van der Waals surface area contributed by atoms with Gasteiger partial charge in [0.05, 0.1) is 4.92 Å². The molecule has 0 unspecified atom stereocenters. The number of non-ortho nitro benzene ring substituents is 1. The van der Waals surface area contributed by atoms with Gasteiger partial charge in [0.15, 0.2) is 5.78 Å². The van der Waals surface area contributed by atoms with Crippen molar-refractivity contribution in [3.8, 4) is 0 Å². The summed E-state index contributed by atoms with van der Waals surface area (Å²) < 4.78 is 0. The van der Waals surface area contributed by atoms with Crippen LogP contribution in [0.2, 0.25) is 0 Å². The Morgan fingerprint density at radius 3 is 1.82 bits per heavy atom. The second-order valence-corrected chi connectivity index (χ2v) is 4.38. The third-order valence-corrected chi connectivity index (χ3v) is 2.87. The third kappa shape index (κ3) is 4.14. The van der Waals surface area contributed by atoms with Crippen LogP contribution in [0.25, 0.3) is 0 Å². The number of nitro benzene ring substituents is 1. The van der Waals surface area contributed by atoms with Crippen LogP contribution in [0.15, 0.2) is 79.1 Å². The Kier molecular flexibility index (Phi) is 5.20. The summed E-state index contributed by atoms with van der Waals surface area (Å²) in [6.07, 6.45) is 3.75. The van der Waals surface area contributed by atoms with Gasteiger partial charge in [-0.25, -0.2) is 0 Å². The minimum absolute atomic E-state index is 0.0189. The van der Waals surface area contributed by atoms with Crippen LogP contribution < -0.4 is 0 Å². The van der Waals surface area contributed by atoms with Gasteiger partial charge in [-0.15, -0.1) is 0 Å². The number of nitrogens with one attached hydrogen (secondary N) is 1. The van der Waals surface area contributed by atoms with Crippen molar-refractivity contribution in [2.45, 2.75) is 0 Å². The van der Waals surface area contributed by atoms with Crippen molar-refractivity contribution in [2.24, 2.45) is 0 Å². The maximum absolute atomic E-state index is 12.0. The first-order valence-corrected chi connectivity index (χ1v) is 6.60. The van der Waals surface area contributed by atoms with E-state index in [4.69, 9.17) is 0 Å². The topological polar surface area (TPSA) is 76.0 Å². The average molecular weight is 294 g/mol. The van der Waals surface area contributed by atoms with E-state index < -0.39 is 4.92 Å². The fraction of sp³-hybridized carbons (Fsp3) is 0. The second kappa shape index (κ2) is 7.54. The van der Waals surface area contributed by atoms with E-state index >= 15 is 0 Å². The van der Waals surface area contributed by atoms with Crippen LogP contribution in [-0.2, 0) is 0 Å². The van der Waals surface area contributed by atoms with Crippen molar-refractivity contribution in [1.29, 1.82) is 0 Å². The van der Waals surface area contributed by atoms with E-state index in [2.05, 4.69) is 4.98 Å². The van der Waals surface area contributed by atoms with Gasteiger partial charge in [0.1, 0.15) is 0 Å². The number of rotatable bonds is 3. The summed E-state index contributed by atoms with van der Waals surface area (Å²) in [5, 5.41) is 10.5. The number of hydrogen-bond donors (Lipinski definition) is 1. The van der Waals surface area contributed by atoms with E-state index in [1.807, 2.05) is 30.6 Å². The number of carbonyl (C=O) groups is 1. The standard InChI is InChI=1S/C13H9NO3.C4H5N/c15-13(10-4-2-1-3-5-10)11-6-8-12(9-7-11)14(16)17;1-2-4-5-3-1/h1-9H;1-5H. The van der Waals surface area contributed by atoms with Gasteiger partial charge in [-0.05, 0) is 24.3 Å². The van der Waals surface area contributed by atoms with Crippen LogP contribution in [0.4, 0.5) is 5.69 Å². The number of hydrogen-bond acceptors (Lipinski definition) is 3. The fourth-order valence-corrected chi connectivity index (χ4v) is 1.77. The van der Waals surface area contributed by atoms with Crippen LogP contribution in [0.3, 0.4) is 0 Å². The van der Waals surface area contributed by atoms with Crippen molar-refractivity contribution < 1.29 is 9.72 Å². The molecule has 1 N–H and O–H groups in total. The number of benzene rings is 2. The Bertz CT molecular complexity index is 703. The monoisotopic (exact) mass is 294 g/mol. The molecule has 3 aromatic rings. The summed E-state index contributed by atoms with van der Waals surface area (Å²) in [4.78, 5) is 24.8. The predicted molar refractivity (Wildman–Crippen MR) is 83.8 cm³/mol. The summed E-state index contributed by atoms with van der Waals surface area (Å²) >= 11 is 0. The number of carbonyl (C=O) groups excluding carboxylic acids is 1. The lowest BCUT2D eigenvalue weighted by Crippen LogP contribution is -2.00. The molecule has 0 spiro atoms. The molecule has 5 heteroatoms. The summed E-state index contributed by atoms with van der Waals surface area (Å²) in [6.45, 7) is 0. The molecule has 0 amide bonds. The molecule has 0 fully saturated rings. The Labute approximate surface area is 127 Å². The largest absolute Gasteiger partial charge is 0.368 e. The summed E-state index contributed by atoms with van der Waals surface area (Å²) in [6, 6.07) is 18.3. The lowest BCUT2D eigenvalue weighted by atomic mass is 10.0. The maximum atomic E-state index is 12.0. The minimum Gasteiger partial charge on any atom is -0.368 e. The number of aromatic nitrogens is 1. The van der Waals surface area contributed by atoms with E-state index in [0.717, 1.165) is 0 Å². The molecule has 0 aliphatic carbocycles. The van der Waals surface area contributed by atoms with Crippen LogP contribution in [-0.4, -0.2) is 15.7 Å². The summed E-state index contributed by atoms with van der Waals surface area (Å²) in [7, 11) is 0. The van der Waals surface area contributed by atoms with Gasteiger partial charge in [-0.1, -0.05) is 30.3 Å². The molecular formula is C17H14N2O3. The molecule has 0 radical (unpaired) electrons. The number of ketones is 1. The highest BCUT2D eigenvalue weighted by Crippen LogP contribution is 2.15. The second-order valence-electron chi connectivity index (χ2n) is 4.38. The van der Waals surface area contributed by atoms with Crippen molar-refractivity contribution in [2.75, 3.05) is 0 Å². The highest BCUT2D eigenvalue weighted by atomic mass is 16.6. The van der Waals surface area contributed by atoms with Crippen LogP contribution >= 0.6 is 0 Å². The van der Waals surface area contributed by atoms with Gasteiger partial charge in [0, 0.05) is 35.7 Å². The Hall–Kier alpha value is -3.21. The van der Waals surface area contributed by atoms with Crippen molar-refractivity contribution in [3.63, 3.8) is 0 Å². The molecule has 2 aromatic carbocycles. The van der Waals surface area contributed by atoms with Crippen molar-refractivity contribution in [3.05, 3.63) is 100 Å². The highest BCUT2D eigenvalue weighted by molar-refractivity contribution is 6.09. The normalized spacial score (nSPS) is 9.45. The van der Waals surface area contributed by atoms with Crippen molar-refractivity contribution in [1.82, 2.24) is 4.98 Å². The van der Waals surface area contributed by atoms with Crippen LogP contribution in [0.1, 0.15) is 15.9 Å². The quantitative estimate of drug-likeness (QED) is 0.453. The fourth-order valence-electron chi connectivity index (χ4n) is 1.77. The molecule has 22 heavy (non-hydrogen) atoms. The van der Waals surface area contributed by atoms with Gasteiger partial charge in [-0.3, -0.25) is 14.9 Å². The first kappa shape index (κ1) is 15.2. The molecule has 0 atom stereocenters. The molecule has 0 aliphatic rings. The zero-order valence-electron chi connectivity index (χ0n) is 11.7. The number of aromatic amines is 1. The Morgan fingerprint density at radius 2 is 1.36 bits per heavy atom. The maximum Gasteiger partial charge on any atom is 0.269 e. The zero-order chi connectivity index (χ0) is 15.8. The van der Waals surface area contributed by atoms with Crippen LogP contribution in [0, 0.1) is 10.1 Å². The zero-order valence-corrected chi connectivity index (χ0v) is 11.7. The number of H-pyrrole nitrogens is 1. The van der Waals surface area contributed by atoms with Crippen molar-refractivity contribution >= 4 is 11.5 Å². The molecule has 0 aliphatic heterocycles. The predicted octanol–water partition coefficient (Wildman–Crippen LogP) is 3.84. The number of nitrogens with zero attached hydrogens (tertiary/aromatic N) is 1. The van der Waals surface area contributed by atoms with Gasteiger partial charge in [0.2, 0.25) is 0 Å². The van der Waals surface area contributed by atoms with Crippen LogP contribution in [0.5, 0.6) is 0 Å². The SMILES string of the molecule is O=C(c1ccccc1)c1ccc([N+](=O)[O-])cc1.c1cc[nH]c1. The highest BCUT2D eigenvalue weighted by Gasteiger charge is 2.10. The molecule has 110 valence electrons. The van der Waals surface area contributed by atoms with Gasteiger partial charge in [0.25, 0.3) is 5.69 Å². The van der Waals surface area contributed by atoms with E-state index in [9.17, 15) is 14.9 Å². The lowest BCUT2D eigenvalue weighted by molar-refractivity contribution is -0.384. The molecule has 0 saturated heterocycles. The first-order valence-electron chi connectivity index (χ1n) is 6.60. The smallest absolute Gasteiger partial charge is 0.269 e. The molecule has 1 aromatic heterocycles.